The molecular weight excluding hydrogens is 275 g/mol. The van der Waals surface area contributed by atoms with E-state index in [1.807, 2.05) is 0 Å². The monoisotopic (exact) mass is 290 g/mol. The molecule has 0 radical (unpaired) electrons. The van der Waals surface area contributed by atoms with Gasteiger partial charge >= 0.3 is 6.09 Å². The van der Waals surface area contributed by atoms with E-state index in [0.29, 0.717) is 15.7 Å². The third-order valence-corrected chi connectivity index (χ3v) is 2.43. The summed E-state index contributed by atoms with van der Waals surface area (Å²) in [6, 6.07) is 4.96. The van der Waals surface area contributed by atoms with Gasteiger partial charge in [-0.2, -0.15) is 0 Å². The van der Waals surface area contributed by atoms with Crippen LogP contribution in [0.5, 0.6) is 0 Å². The molecule has 0 unspecified atom stereocenters. The quantitative estimate of drug-likeness (QED) is 0.831. The minimum absolute atomic E-state index is 0.429. The van der Waals surface area contributed by atoms with Crippen molar-refractivity contribution in [3.63, 3.8) is 0 Å². The molecule has 0 aliphatic rings. The summed E-state index contributed by atoms with van der Waals surface area (Å²) in [5.41, 5.74) is 2.86. The minimum atomic E-state index is -0.545. The lowest BCUT2D eigenvalue weighted by molar-refractivity contribution is 0.0339. The molecule has 0 fully saturated rings. The number of halogens is 2. The molecule has 0 saturated heterocycles. The Morgan fingerprint density at radius 1 is 1.33 bits per heavy atom. The van der Waals surface area contributed by atoms with Crippen molar-refractivity contribution < 1.29 is 9.53 Å². The van der Waals surface area contributed by atoms with Crippen molar-refractivity contribution in [1.82, 2.24) is 5.01 Å². The summed E-state index contributed by atoms with van der Waals surface area (Å²) in [4.78, 5) is 11.7. The molecule has 0 aliphatic heterocycles. The molecule has 1 aromatic rings. The summed E-state index contributed by atoms with van der Waals surface area (Å²) in [6.45, 7) is 5.40. The average molecular weight is 291 g/mol. The number of rotatable bonds is 2. The Morgan fingerprint density at radius 3 is 2.44 bits per heavy atom. The molecule has 6 heteroatoms. The maximum atomic E-state index is 11.7. The fourth-order valence-corrected chi connectivity index (χ4v) is 1.59. The molecule has 0 aromatic heterocycles. The SMILES string of the molecule is CN(Nc1ccc(Cl)cc1Cl)C(=O)OC(C)(C)C. The molecule has 0 bridgehead atoms. The van der Waals surface area contributed by atoms with E-state index in [-0.39, 0.29) is 0 Å². The smallest absolute Gasteiger partial charge is 0.428 e. The summed E-state index contributed by atoms with van der Waals surface area (Å²) < 4.78 is 5.19. The van der Waals surface area contributed by atoms with Gasteiger partial charge < -0.3 is 4.74 Å². The summed E-state index contributed by atoms with van der Waals surface area (Å²) in [6.07, 6.45) is -0.492. The molecule has 0 heterocycles. The van der Waals surface area contributed by atoms with Crippen LogP contribution in [-0.2, 0) is 4.74 Å². The van der Waals surface area contributed by atoms with Crippen molar-refractivity contribution in [2.24, 2.45) is 0 Å². The van der Waals surface area contributed by atoms with Crippen LogP contribution in [-0.4, -0.2) is 23.8 Å². The topological polar surface area (TPSA) is 41.6 Å². The Hall–Kier alpha value is -1.13. The second-order valence-electron chi connectivity index (χ2n) is 4.78. The van der Waals surface area contributed by atoms with Crippen LogP contribution < -0.4 is 5.43 Å². The van der Waals surface area contributed by atoms with Gasteiger partial charge in [0, 0.05) is 12.1 Å². The van der Waals surface area contributed by atoms with E-state index in [9.17, 15) is 4.79 Å². The van der Waals surface area contributed by atoms with Gasteiger partial charge in [0.25, 0.3) is 0 Å². The van der Waals surface area contributed by atoms with Crippen LogP contribution in [0.4, 0.5) is 10.5 Å². The number of benzene rings is 1. The molecule has 1 rings (SSSR count). The van der Waals surface area contributed by atoms with E-state index in [0.717, 1.165) is 0 Å². The number of carbonyl (C=O) groups excluding carboxylic acids is 1. The van der Waals surface area contributed by atoms with E-state index in [1.54, 1.807) is 46.0 Å². The molecule has 1 N–H and O–H groups in total. The molecule has 0 spiro atoms. The van der Waals surface area contributed by atoms with Gasteiger partial charge in [-0.1, -0.05) is 23.2 Å². The molecular formula is C12H16Cl2N2O2. The van der Waals surface area contributed by atoms with Crippen molar-refractivity contribution in [3.05, 3.63) is 28.2 Å². The van der Waals surface area contributed by atoms with Crippen LogP contribution in [0.15, 0.2) is 18.2 Å². The first-order chi connectivity index (χ1) is 8.19. The zero-order chi connectivity index (χ0) is 13.9. The lowest BCUT2D eigenvalue weighted by Crippen LogP contribution is -2.37. The van der Waals surface area contributed by atoms with Gasteiger partial charge in [0.15, 0.2) is 0 Å². The number of ether oxygens (including phenoxy) is 1. The Labute approximate surface area is 117 Å². The van der Waals surface area contributed by atoms with Crippen LogP contribution in [0.25, 0.3) is 0 Å². The van der Waals surface area contributed by atoms with Crippen LogP contribution >= 0.6 is 23.2 Å². The Bertz CT molecular complexity index is 444. The number of hydrogen-bond acceptors (Lipinski definition) is 3. The highest BCUT2D eigenvalue weighted by Crippen LogP contribution is 2.25. The van der Waals surface area contributed by atoms with Gasteiger partial charge in [-0.25, -0.2) is 9.80 Å². The number of amides is 1. The normalized spacial score (nSPS) is 11.0. The Kier molecular flexibility index (Phi) is 4.71. The standard InChI is InChI=1S/C12H16Cl2N2O2/c1-12(2,3)18-11(17)16(4)15-10-6-5-8(13)7-9(10)14/h5-7,15H,1-4H3. The number of carbonyl (C=O) groups is 1. The molecule has 18 heavy (non-hydrogen) atoms. The zero-order valence-electron chi connectivity index (χ0n) is 10.8. The summed E-state index contributed by atoms with van der Waals surface area (Å²) in [5.74, 6) is 0. The third-order valence-electron chi connectivity index (χ3n) is 1.89. The average Bonchev–Trinajstić information content (AvgIpc) is 2.19. The van der Waals surface area contributed by atoms with Crippen molar-refractivity contribution >= 4 is 35.0 Å². The predicted molar refractivity (Wildman–Crippen MR) is 74.1 cm³/mol. The van der Waals surface area contributed by atoms with Crippen molar-refractivity contribution in [1.29, 1.82) is 0 Å². The van der Waals surface area contributed by atoms with Crippen molar-refractivity contribution in [2.75, 3.05) is 12.5 Å². The highest BCUT2D eigenvalue weighted by Gasteiger charge is 2.20. The molecule has 0 atom stereocenters. The maximum absolute atomic E-state index is 11.7. The second-order valence-corrected chi connectivity index (χ2v) is 5.62. The number of nitrogens with one attached hydrogen (secondary N) is 1. The minimum Gasteiger partial charge on any atom is -0.442 e. The molecule has 1 aromatic carbocycles. The first-order valence-electron chi connectivity index (χ1n) is 5.37. The number of nitrogens with zero attached hydrogens (tertiary/aromatic N) is 1. The molecule has 4 nitrogen and oxygen atoms in total. The Morgan fingerprint density at radius 2 is 1.94 bits per heavy atom. The van der Waals surface area contributed by atoms with Crippen molar-refractivity contribution in [3.8, 4) is 0 Å². The van der Waals surface area contributed by atoms with Gasteiger partial charge in [-0.15, -0.1) is 0 Å². The number of hydrogen-bond donors (Lipinski definition) is 1. The molecule has 0 aliphatic carbocycles. The fourth-order valence-electron chi connectivity index (χ4n) is 1.14. The fraction of sp³-hybridized carbons (Fsp3) is 0.417. The van der Waals surface area contributed by atoms with Gasteiger partial charge in [0.2, 0.25) is 0 Å². The molecule has 1 amide bonds. The van der Waals surface area contributed by atoms with Gasteiger partial charge in [-0.05, 0) is 39.0 Å². The third kappa shape index (κ3) is 4.63. The number of hydrazine groups is 1. The van der Waals surface area contributed by atoms with Crippen LogP contribution in [0.2, 0.25) is 10.0 Å². The summed E-state index contributed by atoms with van der Waals surface area (Å²) in [5, 5.41) is 2.18. The van der Waals surface area contributed by atoms with Gasteiger partial charge in [-0.3, -0.25) is 5.43 Å². The first kappa shape index (κ1) is 14.9. The van der Waals surface area contributed by atoms with Crippen LogP contribution in [0, 0.1) is 0 Å². The molecule has 100 valence electrons. The van der Waals surface area contributed by atoms with Crippen LogP contribution in [0.1, 0.15) is 20.8 Å². The van der Waals surface area contributed by atoms with E-state index in [4.69, 9.17) is 27.9 Å². The van der Waals surface area contributed by atoms with Gasteiger partial charge in [0.05, 0.1) is 10.7 Å². The first-order valence-corrected chi connectivity index (χ1v) is 6.13. The zero-order valence-corrected chi connectivity index (χ0v) is 12.3. The lowest BCUT2D eigenvalue weighted by atomic mass is 10.2. The second kappa shape index (κ2) is 5.67. The highest BCUT2D eigenvalue weighted by atomic mass is 35.5. The summed E-state index contributed by atoms with van der Waals surface area (Å²) >= 11 is 11.8. The van der Waals surface area contributed by atoms with Gasteiger partial charge in [0.1, 0.15) is 5.60 Å². The van der Waals surface area contributed by atoms with Crippen molar-refractivity contribution in [2.45, 2.75) is 26.4 Å². The van der Waals surface area contributed by atoms with E-state index in [2.05, 4.69) is 5.43 Å². The summed E-state index contributed by atoms with van der Waals surface area (Å²) in [7, 11) is 1.55. The van der Waals surface area contributed by atoms with E-state index in [1.165, 1.54) is 5.01 Å². The van der Waals surface area contributed by atoms with E-state index >= 15 is 0 Å². The highest BCUT2D eigenvalue weighted by molar-refractivity contribution is 6.36. The number of anilines is 1. The predicted octanol–water partition coefficient (Wildman–Crippen LogP) is 4.19. The lowest BCUT2D eigenvalue weighted by Gasteiger charge is -2.25. The van der Waals surface area contributed by atoms with E-state index < -0.39 is 11.7 Å². The van der Waals surface area contributed by atoms with Crippen LogP contribution in [0.3, 0.4) is 0 Å². The maximum Gasteiger partial charge on any atom is 0.428 e. The Balaban J connectivity index is 2.69. The largest absolute Gasteiger partial charge is 0.442 e. The molecule has 0 saturated carbocycles.